The summed E-state index contributed by atoms with van der Waals surface area (Å²) in [4.78, 5) is 0. The van der Waals surface area contributed by atoms with Crippen LogP contribution < -0.4 is 0 Å². The van der Waals surface area contributed by atoms with Crippen LogP contribution in [-0.2, 0) is 14.2 Å². The lowest BCUT2D eigenvalue weighted by atomic mass is 10.1. The Labute approximate surface area is 94.7 Å². The smallest absolute Gasteiger partial charge is 0.186 e. The number of ether oxygens (including phenoxy) is 3. The summed E-state index contributed by atoms with van der Waals surface area (Å²) in [5.74, 6) is 0. The van der Waals surface area contributed by atoms with Crippen molar-refractivity contribution < 1.29 is 29.5 Å². The molecule has 0 radical (unpaired) electrons. The van der Waals surface area contributed by atoms with Gasteiger partial charge in [0.15, 0.2) is 6.29 Å². The molecule has 6 heteroatoms. The topological polar surface area (TPSA) is 88.4 Å². The van der Waals surface area contributed by atoms with Crippen molar-refractivity contribution in [1.29, 1.82) is 0 Å². The number of rotatable bonds is 6. The molecule has 5 unspecified atom stereocenters. The zero-order chi connectivity index (χ0) is 12.1. The molecule has 3 N–H and O–H groups in total. The van der Waals surface area contributed by atoms with Crippen molar-refractivity contribution in [3.8, 4) is 0 Å². The van der Waals surface area contributed by atoms with Crippen LogP contribution in [0.4, 0.5) is 0 Å². The van der Waals surface area contributed by atoms with E-state index >= 15 is 0 Å². The minimum absolute atomic E-state index is 0.277. The third-order valence-electron chi connectivity index (χ3n) is 2.51. The largest absolute Gasteiger partial charge is 0.394 e. The van der Waals surface area contributed by atoms with E-state index in [1.54, 1.807) is 13.8 Å². The first-order valence-electron chi connectivity index (χ1n) is 5.51. The van der Waals surface area contributed by atoms with Gasteiger partial charge in [-0.2, -0.15) is 0 Å². The van der Waals surface area contributed by atoms with Gasteiger partial charge in [-0.3, -0.25) is 0 Å². The summed E-state index contributed by atoms with van der Waals surface area (Å²) >= 11 is 0. The molecule has 0 bridgehead atoms. The molecule has 5 atom stereocenters. The molecule has 0 saturated carbocycles. The maximum atomic E-state index is 9.74. The molecule has 1 fully saturated rings. The van der Waals surface area contributed by atoms with Gasteiger partial charge in [0.05, 0.1) is 6.61 Å². The van der Waals surface area contributed by atoms with Crippen LogP contribution in [0.2, 0.25) is 0 Å². The Kier molecular flexibility index (Phi) is 5.60. The van der Waals surface area contributed by atoms with Crippen molar-refractivity contribution >= 4 is 0 Å². The molecule has 0 amide bonds. The van der Waals surface area contributed by atoms with E-state index in [9.17, 15) is 10.2 Å². The Morgan fingerprint density at radius 2 is 1.88 bits per heavy atom. The maximum Gasteiger partial charge on any atom is 0.186 e. The predicted molar refractivity (Wildman–Crippen MR) is 54.8 cm³/mol. The van der Waals surface area contributed by atoms with Gasteiger partial charge >= 0.3 is 0 Å². The molecule has 1 rings (SSSR count). The van der Waals surface area contributed by atoms with Crippen molar-refractivity contribution in [3.63, 3.8) is 0 Å². The minimum Gasteiger partial charge on any atom is -0.394 e. The predicted octanol–water partition coefficient (Wildman–Crippen LogP) is -1.13. The Balaban J connectivity index is 2.60. The van der Waals surface area contributed by atoms with Crippen LogP contribution in [-0.4, -0.2) is 65.8 Å². The Bertz CT molecular complexity index is 200. The second-order valence-electron chi connectivity index (χ2n) is 3.58. The van der Waals surface area contributed by atoms with Crippen LogP contribution in [0, 0.1) is 0 Å². The van der Waals surface area contributed by atoms with Crippen LogP contribution >= 0.6 is 0 Å². The fraction of sp³-hybridized carbons (Fsp3) is 1.00. The molecule has 0 spiro atoms. The summed E-state index contributed by atoms with van der Waals surface area (Å²) in [7, 11) is 0. The van der Waals surface area contributed by atoms with Gasteiger partial charge in [-0.1, -0.05) is 0 Å². The zero-order valence-electron chi connectivity index (χ0n) is 9.57. The molecule has 1 aliphatic rings. The maximum absolute atomic E-state index is 9.74. The zero-order valence-corrected chi connectivity index (χ0v) is 9.57. The van der Waals surface area contributed by atoms with Gasteiger partial charge in [-0.05, 0) is 13.8 Å². The molecular formula is C10H20O6. The normalized spacial score (nSPS) is 36.6. The Hall–Kier alpha value is -0.240. The number of aliphatic hydroxyl groups excluding tert-OH is 3. The van der Waals surface area contributed by atoms with Crippen LogP contribution in [0.15, 0.2) is 0 Å². The summed E-state index contributed by atoms with van der Waals surface area (Å²) < 4.78 is 15.7. The number of hydrogen-bond acceptors (Lipinski definition) is 6. The third kappa shape index (κ3) is 2.91. The molecule has 6 nitrogen and oxygen atoms in total. The van der Waals surface area contributed by atoms with Gasteiger partial charge in [0.1, 0.15) is 24.4 Å². The average molecular weight is 236 g/mol. The van der Waals surface area contributed by atoms with E-state index < -0.39 is 30.7 Å². The van der Waals surface area contributed by atoms with Gasteiger partial charge in [-0.15, -0.1) is 0 Å². The molecule has 0 aromatic rings. The van der Waals surface area contributed by atoms with E-state index in [0.717, 1.165) is 0 Å². The highest BCUT2D eigenvalue weighted by molar-refractivity contribution is 4.91. The first-order valence-corrected chi connectivity index (χ1v) is 5.51. The van der Waals surface area contributed by atoms with E-state index in [4.69, 9.17) is 19.3 Å². The molecule has 0 aliphatic carbocycles. The van der Waals surface area contributed by atoms with Gasteiger partial charge in [0.25, 0.3) is 0 Å². The van der Waals surface area contributed by atoms with Gasteiger partial charge in [0.2, 0.25) is 0 Å². The first kappa shape index (κ1) is 13.8. The molecule has 96 valence electrons. The highest BCUT2D eigenvalue weighted by Crippen LogP contribution is 2.25. The van der Waals surface area contributed by atoms with E-state index in [0.29, 0.717) is 13.2 Å². The van der Waals surface area contributed by atoms with Crippen LogP contribution in [0.25, 0.3) is 0 Å². The standard InChI is InChI=1S/C10H20O6/c1-3-14-6(5-11)9-7(12)8(13)10(16-9)15-4-2/h6-13H,3-5H2,1-2H3. The van der Waals surface area contributed by atoms with E-state index in [1.807, 2.05) is 0 Å². The van der Waals surface area contributed by atoms with Crippen LogP contribution in [0.5, 0.6) is 0 Å². The molecule has 16 heavy (non-hydrogen) atoms. The minimum atomic E-state index is -1.11. The fourth-order valence-corrected chi connectivity index (χ4v) is 1.75. The Morgan fingerprint density at radius 3 is 2.38 bits per heavy atom. The van der Waals surface area contributed by atoms with E-state index in [1.165, 1.54) is 0 Å². The van der Waals surface area contributed by atoms with Gasteiger partial charge < -0.3 is 29.5 Å². The van der Waals surface area contributed by atoms with Crippen molar-refractivity contribution in [1.82, 2.24) is 0 Å². The Morgan fingerprint density at radius 1 is 1.19 bits per heavy atom. The lowest BCUT2D eigenvalue weighted by Gasteiger charge is -2.23. The van der Waals surface area contributed by atoms with Crippen molar-refractivity contribution in [3.05, 3.63) is 0 Å². The van der Waals surface area contributed by atoms with E-state index in [2.05, 4.69) is 0 Å². The second-order valence-corrected chi connectivity index (χ2v) is 3.58. The van der Waals surface area contributed by atoms with Crippen molar-refractivity contribution in [2.24, 2.45) is 0 Å². The van der Waals surface area contributed by atoms with Crippen molar-refractivity contribution in [2.75, 3.05) is 19.8 Å². The average Bonchev–Trinajstić information content (AvgIpc) is 2.55. The highest BCUT2D eigenvalue weighted by atomic mass is 16.7. The van der Waals surface area contributed by atoms with Crippen molar-refractivity contribution in [2.45, 2.75) is 44.6 Å². The molecule has 1 heterocycles. The monoisotopic (exact) mass is 236 g/mol. The number of aliphatic hydroxyl groups is 3. The lowest BCUT2D eigenvalue weighted by Crippen LogP contribution is -2.42. The summed E-state index contributed by atoms with van der Waals surface area (Å²) in [5.41, 5.74) is 0. The molecule has 1 saturated heterocycles. The summed E-state index contributed by atoms with van der Waals surface area (Å²) in [6.45, 7) is 4.04. The molecule has 0 aromatic carbocycles. The second kappa shape index (κ2) is 6.48. The lowest BCUT2D eigenvalue weighted by molar-refractivity contribution is -0.184. The highest BCUT2D eigenvalue weighted by Gasteiger charge is 2.46. The molecule has 1 aliphatic heterocycles. The van der Waals surface area contributed by atoms with E-state index in [-0.39, 0.29) is 6.61 Å². The van der Waals surface area contributed by atoms with Crippen LogP contribution in [0.3, 0.4) is 0 Å². The van der Waals surface area contributed by atoms with Crippen LogP contribution in [0.1, 0.15) is 13.8 Å². The molecule has 0 aromatic heterocycles. The molecular weight excluding hydrogens is 216 g/mol. The first-order chi connectivity index (χ1) is 7.65. The number of hydrogen-bond donors (Lipinski definition) is 3. The quantitative estimate of drug-likeness (QED) is 0.540. The van der Waals surface area contributed by atoms with Gasteiger partial charge in [0, 0.05) is 13.2 Å². The SMILES string of the molecule is CCOC(CO)C1OC(OCC)C(O)C1O. The third-order valence-corrected chi connectivity index (χ3v) is 2.51. The van der Waals surface area contributed by atoms with Gasteiger partial charge in [-0.25, -0.2) is 0 Å². The summed E-state index contributed by atoms with van der Waals surface area (Å²) in [6, 6.07) is 0. The fourth-order valence-electron chi connectivity index (χ4n) is 1.75. The summed E-state index contributed by atoms with van der Waals surface area (Å²) in [5, 5.41) is 28.5. The summed E-state index contributed by atoms with van der Waals surface area (Å²) in [6.07, 6.45) is -4.50.